The minimum Gasteiger partial charge on any atom is -0.489 e. The van der Waals surface area contributed by atoms with E-state index in [2.05, 4.69) is 10.3 Å². The zero-order valence-electron chi connectivity index (χ0n) is 12.5. The van der Waals surface area contributed by atoms with Crippen LogP contribution in [0.4, 0.5) is 0 Å². The summed E-state index contributed by atoms with van der Waals surface area (Å²) in [5, 5.41) is 11.6. The van der Waals surface area contributed by atoms with E-state index in [1.54, 1.807) is 12.4 Å². The lowest BCUT2D eigenvalue weighted by atomic mass is 10.1. The highest BCUT2D eigenvalue weighted by Crippen LogP contribution is 2.15. The monoisotopic (exact) mass is 300 g/mol. The molecule has 2 aromatic rings. The van der Waals surface area contributed by atoms with E-state index in [0.717, 1.165) is 23.3 Å². The van der Waals surface area contributed by atoms with Crippen molar-refractivity contribution in [1.82, 2.24) is 10.3 Å². The van der Waals surface area contributed by atoms with Gasteiger partial charge in [-0.25, -0.2) is 0 Å². The molecule has 0 amide bonds. The third-order valence-corrected chi connectivity index (χ3v) is 3.22. The van der Waals surface area contributed by atoms with Crippen molar-refractivity contribution >= 4 is 5.97 Å². The predicted octanol–water partition coefficient (Wildman–Crippen LogP) is 2.27. The van der Waals surface area contributed by atoms with Gasteiger partial charge in [0.2, 0.25) is 0 Å². The molecule has 0 aliphatic rings. The Bertz CT molecular complexity index is 585. The van der Waals surface area contributed by atoms with Crippen LogP contribution in [0.1, 0.15) is 18.1 Å². The first kappa shape index (κ1) is 16.0. The summed E-state index contributed by atoms with van der Waals surface area (Å²) >= 11 is 0. The average molecular weight is 300 g/mol. The minimum atomic E-state index is -0.841. The molecule has 116 valence electrons. The van der Waals surface area contributed by atoms with Gasteiger partial charge in [0.25, 0.3) is 0 Å². The summed E-state index contributed by atoms with van der Waals surface area (Å²) in [7, 11) is 0. The van der Waals surface area contributed by atoms with Gasteiger partial charge in [-0.3, -0.25) is 9.78 Å². The number of rotatable bonds is 8. The van der Waals surface area contributed by atoms with Crippen molar-refractivity contribution in [3.63, 3.8) is 0 Å². The molecule has 1 aromatic heterocycles. The van der Waals surface area contributed by atoms with Gasteiger partial charge in [0.15, 0.2) is 0 Å². The highest BCUT2D eigenvalue weighted by atomic mass is 16.5. The van der Waals surface area contributed by atoms with E-state index in [1.807, 2.05) is 43.3 Å². The summed E-state index contributed by atoms with van der Waals surface area (Å²) < 4.78 is 5.71. The molecule has 2 rings (SSSR count). The Balaban J connectivity index is 1.81. The summed E-state index contributed by atoms with van der Waals surface area (Å²) in [5.41, 5.74) is 2.22. The molecule has 5 heteroatoms. The lowest BCUT2D eigenvalue weighted by Gasteiger charge is -2.13. The van der Waals surface area contributed by atoms with E-state index in [9.17, 15) is 4.79 Å². The molecule has 0 saturated carbocycles. The van der Waals surface area contributed by atoms with Crippen LogP contribution in [0.15, 0.2) is 48.8 Å². The molecule has 5 nitrogen and oxygen atoms in total. The van der Waals surface area contributed by atoms with Crippen molar-refractivity contribution in [3.05, 3.63) is 59.9 Å². The Labute approximate surface area is 130 Å². The maximum Gasteiger partial charge on any atom is 0.317 e. The van der Waals surface area contributed by atoms with Crippen LogP contribution in [0.2, 0.25) is 0 Å². The van der Waals surface area contributed by atoms with Gasteiger partial charge in [0.05, 0.1) is 6.54 Å². The number of hydrogen-bond acceptors (Lipinski definition) is 4. The maximum atomic E-state index is 10.5. The molecular formula is C17H20N2O3. The van der Waals surface area contributed by atoms with E-state index in [-0.39, 0.29) is 12.6 Å². The Hall–Kier alpha value is -2.40. The Kier molecular flexibility index (Phi) is 5.91. The summed E-state index contributed by atoms with van der Waals surface area (Å²) in [6, 6.07) is 11.8. The maximum absolute atomic E-state index is 10.5. The Morgan fingerprint density at radius 1 is 1.18 bits per heavy atom. The number of nitrogens with zero attached hydrogens (tertiary/aromatic N) is 1. The van der Waals surface area contributed by atoms with Gasteiger partial charge < -0.3 is 15.2 Å². The highest BCUT2D eigenvalue weighted by molar-refractivity contribution is 5.69. The number of carboxylic acids is 1. The van der Waals surface area contributed by atoms with E-state index >= 15 is 0 Å². The van der Waals surface area contributed by atoms with E-state index < -0.39 is 5.97 Å². The second-order valence-corrected chi connectivity index (χ2v) is 5.17. The molecule has 1 aromatic carbocycles. The number of aromatic nitrogens is 1. The zero-order chi connectivity index (χ0) is 15.8. The first-order valence-electron chi connectivity index (χ1n) is 7.19. The third kappa shape index (κ3) is 5.54. The van der Waals surface area contributed by atoms with Gasteiger partial charge in [-0.05, 0) is 48.7 Å². The first-order valence-corrected chi connectivity index (χ1v) is 7.19. The number of carboxylic acid groups (broad SMARTS) is 1. The predicted molar refractivity (Wildman–Crippen MR) is 83.8 cm³/mol. The van der Waals surface area contributed by atoms with Crippen LogP contribution in [0.5, 0.6) is 5.75 Å². The van der Waals surface area contributed by atoms with Crippen LogP contribution in [-0.4, -0.2) is 28.6 Å². The summed E-state index contributed by atoms with van der Waals surface area (Å²) in [5.74, 6) is -0.0292. The molecule has 0 bridgehead atoms. The van der Waals surface area contributed by atoms with Crippen molar-refractivity contribution in [3.8, 4) is 5.75 Å². The number of pyridine rings is 1. The Morgan fingerprint density at radius 2 is 1.86 bits per heavy atom. The molecule has 0 aliphatic carbocycles. The smallest absolute Gasteiger partial charge is 0.317 e. The molecule has 0 saturated heterocycles. The largest absolute Gasteiger partial charge is 0.489 e. The minimum absolute atomic E-state index is 0.0195. The molecule has 0 aliphatic heterocycles. The first-order chi connectivity index (χ1) is 10.6. The number of benzene rings is 1. The van der Waals surface area contributed by atoms with E-state index in [4.69, 9.17) is 9.84 Å². The molecule has 0 fully saturated rings. The highest BCUT2D eigenvalue weighted by Gasteiger charge is 2.05. The van der Waals surface area contributed by atoms with Crippen LogP contribution >= 0.6 is 0 Å². The fraction of sp³-hybridized carbons (Fsp3) is 0.294. The van der Waals surface area contributed by atoms with Crippen LogP contribution in [0.25, 0.3) is 0 Å². The van der Waals surface area contributed by atoms with Gasteiger partial charge in [-0.1, -0.05) is 12.1 Å². The van der Waals surface area contributed by atoms with Crippen molar-refractivity contribution < 1.29 is 14.6 Å². The molecule has 0 spiro atoms. The summed E-state index contributed by atoms with van der Waals surface area (Å²) in [4.78, 5) is 14.5. The van der Waals surface area contributed by atoms with Gasteiger partial charge in [-0.15, -0.1) is 0 Å². The van der Waals surface area contributed by atoms with Crippen LogP contribution in [-0.2, 0) is 17.8 Å². The molecule has 22 heavy (non-hydrogen) atoms. The quantitative estimate of drug-likeness (QED) is 0.782. The zero-order valence-corrected chi connectivity index (χ0v) is 12.5. The number of nitrogens with one attached hydrogen (secondary N) is 1. The van der Waals surface area contributed by atoms with Crippen molar-refractivity contribution in [2.75, 3.05) is 6.54 Å². The fourth-order valence-corrected chi connectivity index (χ4v) is 2.05. The van der Waals surface area contributed by atoms with Crippen LogP contribution < -0.4 is 10.1 Å². The standard InChI is InChI=1S/C17H20N2O3/c1-13(19-11-17(20)21)10-14-2-4-16(5-3-14)22-12-15-6-8-18-9-7-15/h2-9,13,19H,10-12H2,1H3,(H,20,21)/t13-/m1/s1. The average Bonchev–Trinajstić information content (AvgIpc) is 2.53. The van der Waals surface area contributed by atoms with Crippen molar-refractivity contribution in [2.45, 2.75) is 26.0 Å². The summed E-state index contributed by atoms with van der Waals surface area (Å²) in [6.07, 6.45) is 4.26. The topological polar surface area (TPSA) is 71.5 Å². The number of hydrogen-bond donors (Lipinski definition) is 2. The number of carbonyl (C=O) groups is 1. The van der Waals surface area contributed by atoms with Crippen LogP contribution in [0.3, 0.4) is 0 Å². The summed E-state index contributed by atoms with van der Waals surface area (Å²) in [6.45, 7) is 2.46. The van der Waals surface area contributed by atoms with Crippen molar-refractivity contribution in [1.29, 1.82) is 0 Å². The van der Waals surface area contributed by atoms with Gasteiger partial charge in [-0.2, -0.15) is 0 Å². The van der Waals surface area contributed by atoms with Gasteiger partial charge in [0, 0.05) is 18.4 Å². The third-order valence-electron chi connectivity index (χ3n) is 3.22. The molecular weight excluding hydrogens is 280 g/mol. The molecule has 0 radical (unpaired) electrons. The number of ether oxygens (including phenoxy) is 1. The lowest BCUT2D eigenvalue weighted by Crippen LogP contribution is -2.32. The Morgan fingerprint density at radius 3 is 2.50 bits per heavy atom. The normalized spacial score (nSPS) is 11.9. The second-order valence-electron chi connectivity index (χ2n) is 5.17. The van der Waals surface area contributed by atoms with Gasteiger partial charge >= 0.3 is 5.97 Å². The second kappa shape index (κ2) is 8.14. The number of aliphatic carboxylic acids is 1. The lowest BCUT2D eigenvalue weighted by molar-refractivity contribution is -0.136. The molecule has 0 unspecified atom stereocenters. The van der Waals surface area contributed by atoms with E-state index in [0.29, 0.717) is 6.61 Å². The van der Waals surface area contributed by atoms with Crippen molar-refractivity contribution in [2.24, 2.45) is 0 Å². The van der Waals surface area contributed by atoms with Crippen LogP contribution in [0, 0.1) is 0 Å². The molecule has 1 atom stereocenters. The molecule has 1 heterocycles. The van der Waals surface area contributed by atoms with Gasteiger partial charge in [0.1, 0.15) is 12.4 Å². The SMILES string of the molecule is C[C@H](Cc1ccc(OCc2ccncc2)cc1)NCC(=O)O. The van der Waals surface area contributed by atoms with E-state index in [1.165, 1.54) is 0 Å². The molecule has 2 N–H and O–H groups in total. The fourth-order valence-electron chi connectivity index (χ4n) is 2.05.